The van der Waals surface area contributed by atoms with Crippen LogP contribution in [0.25, 0.3) is 6.08 Å². The summed E-state index contributed by atoms with van der Waals surface area (Å²) in [7, 11) is 0. The van der Waals surface area contributed by atoms with Crippen LogP contribution < -0.4 is 0 Å². The maximum Gasteiger partial charge on any atom is 0.331 e. The monoisotopic (exact) mass is 369 g/mol. The molecular formula is C21H20FNO4. The lowest BCUT2D eigenvalue weighted by molar-refractivity contribution is -0.159. The minimum atomic E-state index is -1.03. The second kappa shape index (κ2) is 9.09. The fourth-order valence-electron chi connectivity index (χ4n) is 2.77. The summed E-state index contributed by atoms with van der Waals surface area (Å²) in [4.78, 5) is 26.8. The van der Waals surface area contributed by atoms with Gasteiger partial charge in [-0.15, -0.1) is 0 Å². The first kappa shape index (κ1) is 18.8. The molecule has 5 nitrogen and oxygen atoms in total. The number of nitrogens with zero attached hydrogens (tertiary/aromatic N) is 1. The number of amides is 1. The first-order chi connectivity index (χ1) is 13.1. The summed E-state index contributed by atoms with van der Waals surface area (Å²) in [5, 5.41) is 0. The Hall–Kier alpha value is -2.99. The van der Waals surface area contributed by atoms with Crippen molar-refractivity contribution in [2.24, 2.45) is 0 Å². The minimum Gasteiger partial charge on any atom is -0.444 e. The molecule has 0 unspecified atom stereocenters. The van der Waals surface area contributed by atoms with Crippen molar-refractivity contribution in [1.29, 1.82) is 0 Å². The van der Waals surface area contributed by atoms with E-state index in [0.29, 0.717) is 37.4 Å². The third-order valence-electron chi connectivity index (χ3n) is 4.14. The van der Waals surface area contributed by atoms with Gasteiger partial charge in [-0.1, -0.05) is 42.5 Å². The van der Waals surface area contributed by atoms with Gasteiger partial charge in [-0.05, 0) is 23.8 Å². The van der Waals surface area contributed by atoms with Crippen LogP contribution >= 0.6 is 0 Å². The van der Waals surface area contributed by atoms with Crippen LogP contribution in [0.5, 0.6) is 0 Å². The lowest BCUT2D eigenvalue weighted by atomic mass is 10.1. The Bertz CT molecular complexity index is 816. The molecule has 1 atom stereocenters. The highest BCUT2D eigenvalue weighted by molar-refractivity contribution is 5.91. The van der Waals surface area contributed by atoms with Crippen LogP contribution in [-0.4, -0.2) is 43.1 Å². The molecule has 27 heavy (non-hydrogen) atoms. The summed E-state index contributed by atoms with van der Waals surface area (Å²) < 4.78 is 23.9. The molecule has 140 valence electrons. The van der Waals surface area contributed by atoms with E-state index in [-0.39, 0.29) is 5.91 Å². The molecule has 0 aromatic heterocycles. The summed E-state index contributed by atoms with van der Waals surface area (Å²) in [5.41, 5.74) is 1.13. The van der Waals surface area contributed by atoms with Gasteiger partial charge in [-0.25, -0.2) is 9.18 Å². The topological polar surface area (TPSA) is 55.8 Å². The Morgan fingerprint density at radius 1 is 1.07 bits per heavy atom. The largest absolute Gasteiger partial charge is 0.444 e. The molecule has 0 saturated carbocycles. The number of morpholine rings is 1. The smallest absolute Gasteiger partial charge is 0.331 e. The molecule has 2 aromatic rings. The van der Waals surface area contributed by atoms with E-state index >= 15 is 0 Å². The second-order valence-corrected chi connectivity index (χ2v) is 6.05. The van der Waals surface area contributed by atoms with E-state index in [9.17, 15) is 14.0 Å². The Morgan fingerprint density at radius 2 is 1.81 bits per heavy atom. The molecule has 0 aliphatic carbocycles. The fraction of sp³-hybridized carbons (Fsp3) is 0.238. The summed E-state index contributed by atoms with van der Waals surface area (Å²) >= 11 is 0. The number of ether oxygens (including phenoxy) is 2. The van der Waals surface area contributed by atoms with Crippen LogP contribution in [0.4, 0.5) is 4.39 Å². The van der Waals surface area contributed by atoms with Gasteiger partial charge in [-0.2, -0.15) is 0 Å². The zero-order valence-electron chi connectivity index (χ0n) is 14.7. The van der Waals surface area contributed by atoms with Gasteiger partial charge >= 0.3 is 5.97 Å². The highest BCUT2D eigenvalue weighted by Crippen LogP contribution is 2.21. The van der Waals surface area contributed by atoms with Gasteiger partial charge in [0.1, 0.15) is 5.82 Å². The first-order valence-corrected chi connectivity index (χ1v) is 8.69. The van der Waals surface area contributed by atoms with E-state index in [0.717, 1.165) is 0 Å². The highest BCUT2D eigenvalue weighted by atomic mass is 19.1. The fourth-order valence-corrected chi connectivity index (χ4v) is 2.77. The third kappa shape index (κ3) is 5.24. The quantitative estimate of drug-likeness (QED) is 0.601. The molecule has 1 amide bonds. The van der Waals surface area contributed by atoms with Crippen LogP contribution in [0.3, 0.4) is 0 Å². The molecule has 2 aromatic carbocycles. The van der Waals surface area contributed by atoms with Crippen molar-refractivity contribution in [3.8, 4) is 0 Å². The number of esters is 1. The van der Waals surface area contributed by atoms with E-state index < -0.39 is 17.9 Å². The number of benzene rings is 2. The predicted molar refractivity (Wildman–Crippen MR) is 98.1 cm³/mol. The van der Waals surface area contributed by atoms with Crippen LogP contribution in [0, 0.1) is 5.82 Å². The Morgan fingerprint density at radius 3 is 2.52 bits per heavy atom. The Labute approximate surface area is 157 Å². The number of rotatable bonds is 5. The van der Waals surface area contributed by atoms with Crippen LogP contribution in [0.15, 0.2) is 60.7 Å². The number of carbonyl (C=O) groups is 2. The van der Waals surface area contributed by atoms with Crippen molar-refractivity contribution in [2.75, 3.05) is 26.3 Å². The SMILES string of the molecule is O=C(/C=C/c1cccc(F)c1)O[C@@H](C(=O)N1CCOCC1)c1ccccc1. The van der Waals surface area contributed by atoms with E-state index in [2.05, 4.69) is 0 Å². The van der Waals surface area contributed by atoms with Crippen molar-refractivity contribution in [3.63, 3.8) is 0 Å². The predicted octanol–water partition coefficient (Wildman–Crippen LogP) is 2.98. The molecule has 0 radical (unpaired) electrons. The van der Waals surface area contributed by atoms with Crippen molar-refractivity contribution in [2.45, 2.75) is 6.10 Å². The van der Waals surface area contributed by atoms with Gasteiger partial charge in [0.2, 0.25) is 6.10 Å². The molecule has 1 saturated heterocycles. The molecule has 6 heteroatoms. The molecule has 1 aliphatic heterocycles. The van der Waals surface area contributed by atoms with Gasteiger partial charge in [0.05, 0.1) is 13.2 Å². The Balaban J connectivity index is 1.74. The summed E-state index contributed by atoms with van der Waals surface area (Å²) in [5.74, 6) is -1.35. The normalized spacial score (nSPS) is 15.5. The van der Waals surface area contributed by atoms with E-state index in [4.69, 9.17) is 9.47 Å². The number of halogens is 1. The average molecular weight is 369 g/mol. The van der Waals surface area contributed by atoms with Crippen molar-refractivity contribution >= 4 is 18.0 Å². The molecule has 1 aliphatic rings. The minimum absolute atomic E-state index is 0.281. The summed E-state index contributed by atoms with van der Waals surface area (Å²) in [6.07, 6.45) is 1.61. The van der Waals surface area contributed by atoms with E-state index in [1.165, 1.54) is 24.3 Å². The molecule has 3 rings (SSSR count). The molecular weight excluding hydrogens is 349 g/mol. The molecule has 0 bridgehead atoms. The zero-order chi connectivity index (χ0) is 19.1. The number of hydrogen-bond acceptors (Lipinski definition) is 4. The first-order valence-electron chi connectivity index (χ1n) is 8.69. The maximum absolute atomic E-state index is 13.2. The van der Waals surface area contributed by atoms with Crippen LogP contribution in [-0.2, 0) is 19.1 Å². The van der Waals surface area contributed by atoms with Gasteiger partial charge < -0.3 is 14.4 Å². The molecule has 1 fully saturated rings. The number of hydrogen-bond donors (Lipinski definition) is 0. The van der Waals surface area contributed by atoms with Crippen molar-refractivity contribution in [3.05, 3.63) is 77.6 Å². The standard InChI is InChI=1S/C21H20FNO4/c22-18-8-4-5-16(15-18)9-10-19(24)27-20(17-6-2-1-3-7-17)21(25)23-11-13-26-14-12-23/h1-10,15,20H,11-14H2/b10-9+/t20-/m1/s1. The highest BCUT2D eigenvalue weighted by Gasteiger charge is 2.29. The third-order valence-corrected chi connectivity index (χ3v) is 4.14. The van der Waals surface area contributed by atoms with Crippen molar-refractivity contribution < 1.29 is 23.5 Å². The van der Waals surface area contributed by atoms with Gasteiger partial charge in [0, 0.05) is 24.7 Å². The van der Waals surface area contributed by atoms with Gasteiger partial charge in [-0.3, -0.25) is 4.79 Å². The van der Waals surface area contributed by atoms with Crippen LogP contribution in [0.2, 0.25) is 0 Å². The molecule has 0 N–H and O–H groups in total. The number of carbonyl (C=O) groups excluding carboxylic acids is 2. The average Bonchev–Trinajstić information content (AvgIpc) is 2.71. The van der Waals surface area contributed by atoms with E-state index in [1.54, 1.807) is 41.3 Å². The maximum atomic E-state index is 13.2. The molecule has 0 spiro atoms. The second-order valence-electron chi connectivity index (χ2n) is 6.05. The van der Waals surface area contributed by atoms with Crippen LogP contribution in [0.1, 0.15) is 17.2 Å². The lowest BCUT2D eigenvalue weighted by Crippen LogP contribution is -2.44. The summed E-state index contributed by atoms with van der Waals surface area (Å²) in [6, 6.07) is 14.7. The summed E-state index contributed by atoms with van der Waals surface area (Å²) in [6.45, 7) is 1.83. The van der Waals surface area contributed by atoms with Gasteiger partial charge in [0.25, 0.3) is 5.91 Å². The molecule has 1 heterocycles. The lowest BCUT2D eigenvalue weighted by Gasteiger charge is -2.30. The Kier molecular flexibility index (Phi) is 6.33. The van der Waals surface area contributed by atoms with E-state index in [1.807, 2.05) is 6.07 Å². The zero-order valence-corrected chi connectivity index (χ0v) is 14.7. The van der Waals surface area contributed by atoms with Crippen molar-refractivity contribution in [1.82, 2.24) is 4.90 Å². The van der Waals surface area contributed by atoms with Gasteiger partial charge in [0.15, 0.2) is 0 Å².